The van der Waals surface area contributed by atoms with E-state index in [0.29, 0.717) is 68.3 Å². The van der Waals surface area contributed by atoms with E-state index < -0.39 is 23.9 Å². The SMILES string of the molecule is COCCCOCCCCC(=O)c1ccc2c(c1)C(COC(=O)ON1C(=O)CCC1=O)c1cc(C(=O)CCCOC(C)CCO)ccc1-2. The van der Waals surface area contributed by atoms with E-state index in [9.17, 15) is 24.0 Å². The third-order valence-corrected chi connectivity index (χ3v) is 8.39. The second kappa shape index (κ2) is 18.5. The lowest BCUT2D eigenvalue weighted by Crippen LogP contribution is -2.32. The molecule has 2 aromatic rings. The Morgan fingerprint density at radius 2 is 1.44 bits per heavy atom. The molecule has 1 heterocycles. The zero-order valence-electron chi connectivity index (χ0n) is 27.7. The molecule has 2 amide bonds. The first kappa shape index (κ1) is 36.9. The van der Waals surface area contributed by atoms with E-state index in [0.717, 1.165) is 35.1 Å². The summed E-state index contributed by atoms with van der Waals surface area (Å²) in [5, 5.41) is 9.47. The van der Waals surface area contributed by atoms with Gasteiger partial charge in [-0.2, -0.15) is 0 Å². The number of carbonyl (C=O) groups excluding carboxylic acids is 5. The first-order valence-corrected chi connectivity index (χ1v) is 16.6. The molecule has 0 bridgehead atoms. The van der Waals surface area contributed by atoms with Gasteiger partial charge in [0.25, 0.3) is 11.8 Å². The van der Waals surface area contributed by atoms with Gasteiger partial charge in [-0.3, -0.25) is 24.0 Å². The fourth-order valence-corrected chi connectivity index (χ4v) is 5.76. The topological polar surface area (TPSA) is 155 Å². The molecular weight excluding hydrogens is 622 g/mol. The molecule has 1 aliphatic heterocycles. The number of methoxy groups -OCH3 is 1. The number of hydroxylamine groups is 2. The van der Waals surface area contributed by atoms with E-state index in [1.54, 1.807) is 31.4 Å². The smallest absolute Gasteiger partial charge is 0.432 e. The van der Waals surface area contributed by atoms with Crippen LogP contribution in [-0.2, 0) is 33.4 Å². The second-order valence-electron chi connectivity index (χ2n) is 12.0. The molecule has 0 spiro atoms. The van der Waals surface area contributed by atoms with Crippen LogP contribution in [0.4, 0.5) is 4.79 Å². The number of rotatable bonds is 21. The number of imide groups is 1. The minimum atomic E-state index is -1.20. The van der Waals surface area contributed by atoms with Crippen LogP contribution in [0.1, 0.15) is 102 Å². The van der Waals surface area contributed by atoms with Gasteiger partial charge in [-0.15, -0.1) is 0 Å². The van der Waals surface area contributed by atoms with Crippen LogP contribution < -0.4 is 0 Å². The monoisotopic (exact) mass is 667 g/mol. The maximum atomic E-state index is 13.2. The Balaban J connectivity index is 1.45. The average molecular weight is 668 g/mol. The molecule has 2 unspecified atom stereocenters. The van der Waals surface area contributed by atoms with Gasteiger partial charge < -0.3 is 24.1 Å². The number of carbonyl (C=O) groups is 5. The highest BCUT2D eigenvalue weighted by Crippen LogP contribution is 2.46. The average Bonchev–Trinajstić information content (AvgIpc) is 3.57. The number of amides is 2. The largest absolute Gasteiger partial charge is 0.533 e. The number of nitrogens with zero attached hydrogens (tertiary/aromatic N) is 1. The van der Waals surface area contributed by atoms with Gasteiger partial charge in [0.05, 0.1) is 6.10 Å². The van der Waals surface area contributed by atoms with Crippen LogP contribution in [0.3, 0.4) is 0 Å². The van der Waals surface area contributed by atoms with Gasteiger partial charge >= 0.3 is 6.16 Å². The molecule has 0 aromatic heterocycles. The highest BCUT2D eigenvalue weighted by Gasteiger charge is 2.35. The maximum Gasteiger partial charge on any atom is 0.533 e. The fraction of sp³-hybridized carbons (Fsp3) is 0.528. The Morgan fingerprint density at radius 3 is 2.04 bits per heavy atom. The first-order valence-electron chi connectivity index (χ1n) is 16.6. The molecule has 0 saturated carbocycles. The molecule has 2 aromatic carbocycles. The van der Waals surface area contributed by atoms with Crippen LogP contribution in [0.2, 0.25) is 0 Å². The molecule has 1 aliphatic carbocycles. The third kappa shape index (κ3) is 10.0. The molecule has 1 N–H and O–H groups in total. The van der Waals surface area contributed by atoms with Crippen LogP contribution in [-0.4, -0.2) is 92.6 Å². The Morgan fingerprint density at radius 1 is 0.833 bits per heavy atom. The lowest BCUT2D eigenvalue weighted by Gasteiger charge is -2.17. The Bertz CT molecular complexity index is 1440. The number of hydrogen-bond donors (Lipinski definition) is 1. The van der Waals surface area contributed by atoms with Gasteiger partial charge in [-0.05, 0) is 73.4 Å². The molecule has 48 heavy (non-hydrogen) atoms. The number of hydrogen-bond acceptors (Lipinski definition) is 11. The normalized spacial score (nSPS) is 15.7. The second-order valence-corrected chi connectivity index (χ2v) is 12.0. The number of benzene rings is 2. The summed E-state index contributed by atoms with van der Waals surface area (Å²) in [4.78, 5) is 67.6. The summed E-state index contributed by atoms with van der Waals surface area (Å²) < 4.78 is 21.7. The molecule has 0 radical (unpaired) electrons. The minimum Gasteiger partial charge on any atom is -0.432 e. The van der Waals surface area contributed by atoms with E-state index in [-0.39, 0.29) is 50.1 Å². The number of ether oxygens (including phenoxy) is 4. The third-order valence-electron chi connectivity index (χ3n) is 8.39. The zero-order valence-corrected chi connectivity index (χ0v) is 27.7. The summed E-state index contributed by atoms with van der Waals surface area (Å²) in [6.45, 7) is 3.92. The molecule has 1 fully saturated rings. The summed E-state index contributed by atoms with van der Waals surface area (Å²) >= 11 is 0. The lowest BCUT2D eigenvalue weighted by atomic mass is 9.93. The van der Waals surface area contributed by atoms with E-state index >= 15 is 0 Å². The van der Waals surface area contributed by atoms with Crippen molar-refractivity contribution in [3.63, 3.8) is 0 Å². The summed E-state index contributed by atoms with van der Waals surface area (Å²) in [6.07, 6.45) is 2.51. The molecular formula is C36H45NO11. The highest BCUT2D eigenvalue weighted by molar-refractivity contribution is 6.01. The molecule has 12 heteroatoms. The van der Waals surface area contributed by atoms with Crippen LogP contribution in [0.25, 0.3) is 11.1 Å². The van der Waals surface area contributed by atoms with Crippen molar-refractivity contribution in [1.29, 1.82) is 0 Å². The fourth-order valence-electron chi connectivity index (χ4n) is 5.76. The molecule has 1 saturated heterocycles. The van der Waals surface area contributed by atoms with Crippen molar-refractivity contribution in [2.24, 2.45) is 0 Å². The van der Waals surface area contributed by atoms with Crippen LogP contribution in [0.15, 0.2) is 36.4 Å². The van der Waals surface area contributed by atoms with Crippen molar-refractivity contribution < 1.29 is 52.9 Å². The van der Waals surface area contributed by atoms with Crippen LogP contribution in [0, 0.1) is 0 Å². The predicted molar refractivity (Wildman–Crippen MR) is 173 cm³/mol. The van der Waals surface area contributed by atoms with Gasteiger partial charge in [0.1, 0.15) is 6.61 Å². The standard InChI is InChI=1S/C36H45NO11/c1-24(15-16-38)46-20-5-8-33(40)26-10-12-28-27-11-9-25(32(39)7-3-4-18-45-19-6-17-44-2)21-29(27)31(30(28)22-26)23-47-36(43)48-37-34(41)13-14-35(37)42/h9-12,21-22,24,31,38H,3-8,13-20,23H2,1-2H3. The predicted octanol–water partition coefficient (Wildman–Crippen LogP) is 5.17. The van der Waals surface area contributed by atoms with Crippen LogP contribution in [0.5, 0.6) is 0 Å². The van der Waals surface area contributed by atoms with Gasteiger partial charge in [-0.1, -0.05) is 29.3 Å². The van der Waals surface area contributed by atoms with E-state index in [2.05, 4.69) is 0 Å². The lowest BCUT2D eigenvalue weighted by molar-refractivity contribution is -0.177. The van der Waals surface area contributed by atoms with Crippen molar-refractivity contribution in [2.45, 2.75) is 76.7 Å². The molecule has 4 rings (SSSR count). The van der Waals surface area contributed by atoms with Gasteiger partial charge in [0.2, 0.25) is 0 Å². The number of Topliss-reactive ketones (excluding diaryl/α,β-unsaturated/α-hetero) is 2. The van der Waals surface area contributed by atoms with Gasteiger partial charge in [0.15, 0.2) is 11.6 Å². The Labute approximate surface area is 280 Å². The number of ketones is 2. The molecule has 2 aliphatic rings. The van der Waals surface area contributed by atoms with E-state index in [1.807, 2.05) is 19.1 Å². The molecule has 12 nitrogen and oxygen atoms in total. The summed E-state index contributed by atoms with van der Waals surface area (Å²) in [6, 6.07) is 10.9. The first-order chi connectivity index (χ1) is 23.2. The number of aliphatic hydroxyl groups excluding tert-OH is 1. The zero-order chi connectivity index (χ0) is 34.5. The summed E-state index contributed by atoms with van der Waals surface area (Å²) in [7, 11) is 1.65. The maximum absolute atomic E-state index is 13.2. The highest BCUT2D eigenvalue weighted by atomic mass is 16.8. The van der Waals surface area contributed by atoms with Crippen molar-refractivity contribution in [2.75, 3.05) is 46.8 Å². The minimum absolute atomic E-state index is 0.0235. The molecule has 2 atom stereocenters. The van der Waals surface area contributed by atoms with Gasteiger partial charge in [-0.25, -0.2) is 4.79 Å². The molecule has 260 valence electrons. The van der Waals surface area contributed by atoms with Crippen molar-refractivity contribution in [1.82, 2.24) is 5.06 Å². The summed E-state index contributed by atoms with van der Waals surface area (Å²) in [5.41, 5.74) is 4.22. The number of aliphatic hydroxyl groups is 1. The van der Waals surface area contributed by atoms with Crippen molar-refractivity contribution in [3.8, 4) is 11.1 Å². The Hall–Kier alpha value is -3.97. The Kier molecular flexibility index (Phi) is 14.2. The quantitative estimate of drug-likeness (QED) is 0.0811. The summed E-state index contributed by atoms with van der Waals surface area (Å²) in [5.74, 6) is -1.87. The van der Waals surface area contributed by atoms with E-state index in [4.69, 9.17) is 28.9 Å². The number of unbranched alkanes of at least 4 members (excludes halogenated alkanes) is 1. The number of fused-ring (bicyclic) bond motifs is 3. The van der Waals surface area contributed by atoms with Crippen molar-refractivity contribution >= 4 is 29.5 Å². The van der Waals surface area contributed by atoms with Crippen molar-refractivity contribution in [3.05, 3.63) is 58.7 Å². The van der Waals surface area contributed by atoms with Crippen LogP contribution >= 0.6 is 0 Å². The van der Waals surface area contributed by atoms with E-state index in [1.165, 1.54) is 0 Å². The van der Waals surface area contributed by atoms with Gasteiger partial charge in [0, 0.05) is 82.9 Å².